The van der Waals surface area contributed by atoms with Crippen LogP contribution in [0.3, 0.4) is 0 Å². The first kappa shape index (κ1) is 21.0. The van der Waals surface area contributed by atoms with Gasteiger partial charge in [-0.15, -0.1) is 0 Å². The lowest BCUT2D eigenvalue weighted by atomic mass is 10.2. The van der Waals surface area contributed by atoms with Crippen LogP contribution in [-0.2, 0) is 11.3 Å². The van der Waals surface area contributed by atoms with E-state index in [-0.39, 0.29) is 29.6 Å². The summed E-state index contributed by atoms with van der Waals surface area (Å²) in [6.45, 7) is -2.59. The van der Waals surface area contributed by atoms with Crippen molar-refractivity contribution in [2.45, 2.75) is 13.2 Å². The number of nitrogens with zero attached hydrogens (tertiary/aromatic N) is 1. The predicted octanol–water partition coefficient (Wildman–Crippen LogP) is 4.27. The first-order chi connectivity index (χ1) is 12.8. The van der Waals surface area contributed by atoms with Gasteiger partial charge in [0.2, 0.25) is 5.91 Å². The molecule has 2 aromatic carbocycles. The summed E-state index contributed by atoms with van der Waals surface area (Å²) in [5, 5.41) is 2.50. The fraction of sp³-hybridized carbons (Fsp3) is 0.278. The zero-order valence-corrected chi connectivity index (χ0v) is 16.2. The number of likely N-dealkylation sites (N-methyl/N-ethyl adjacent to an activating group) is 1. The number of nitrogens with one attached hydrogen (secondary N) is 1. The van der Waals surface area contributed by atoms with E-state index in [1.165, 1.54) is 25.3 Å². The SMILES string of the molecule is COc1cc(CN(C)CC(=O)Nc2ccc(Br)cc2F)ccc1OC(F)F. The van der Waals surface area contributed by atoms with Crippen LogP contribution in [0.4, 0.5) is 18.9 Å². The van der Waals surface area contributed by atoms with E-state index < -0.39 is 12.4 Å². The number of alkyl halides is 2. The van der Waals surface area contributed by atoms with Crippen molar-refractivity contribution in [1.82, 2.24) is 4.90 Å². The Bertz CT molecular complexity index is 805. The second kappa shape index (κ2) is 9.61. The number of rotatable bonds is 8. The topological polar surface area (TPSA) is 50.8 Å². The molecule has 0 aromatic heterocycles. The van der Waals surface area contributed by atoms with Gasteiger partial charge in [-0.3, -0.25) is 9.69 Å². The standard InChI is InChI=1S/C18H18BrF3N2O3/c1-24(10-17(25)23-14-5-4-12(19)8-13(14)20)9-11-3-6-15(27-18(21)22)16(7-11)26-2/h3-8,18H,9-10H2,1-2H3,(H,23,25). The minimum Gasteiger partial charge on any atom is -0.493 e. The van der Waals surface area contributed by atoms with Gasteiger partial charge in [-0.25, -0.2) is 4.39 Å². The molecule has 1 N–H and O–H groups in total. The van der Waals surface area contributed by atoms with Gasteiger partial charge < -0.3 is 14.8 Å². The van der Waals surface area contributed by atoms with Crippen molar-refractivity contribution in [3.63, 3.8) is 0 Å². The third-order valence-corrected chi connectivity index (χ3v) is 4.01. The number of ether oxygens (including phenoxy) is 2. The van der Waals surface area contributed by atoms with Crippen molar-refractivity contribution < 1.29 is 27.4 Å². The van der Waals surface area contributed by atoms with Crippen LogP contribution < -0.4 is 14.8 Å². The molecular formula is C18H18BrF3N2O3. The van der Waals surface area contributed by atoms with Crippen LogP contribution in [-0.4, -0.2) is 38.1 Å². The smallest absolute Gasteiger partial charge is 0.387 e. The third-order valence-electron chi connectivity index (χ3n) is 3.52. The Morgan fingerprint density at radius 2 is 1.96 bits per heavy atom. The lowest BCUT2D eigenvalue weighted by molar-refractivity contribution is -0.117. The molecule has 2 rings (SSSR count). The molecule has 0 aliphatic rings. The third kappa shape index (κ3) is 6.44. The average molecular weight is 447 g/mol. The Morgan fingerprint density at radius 3 is 2.59 bits per heavy atom. The van der Waals surface area contributed by atoms with Crippen molar-refractivity contribution in [2.24, 2.45) is 0 Å². The molecule has 0 aliphatic carbocycles. The summed E-state index contributed by atoms with van der Waals surface area (Å²) in [6, 6.07) is 8.88. The number of carbonyl (C=O) groups is 1. The molecular weight excluding hydrogens is 429 g/mol. The summed E-state index contributed by atoms with van der Waals surface area (Å²) in [4.78, 5) is 13.8. The van der Waals surface area contributed by atoms with Crippen LogP contribution in [0.2, 0.25) is 0 Å². The molecule has 9 heteroatoms. The Balaban J connectivity index is 1.96. The lowest BCUT2D eigenvalue weighted by Gasteiger charge is -2.18. The summed E-state index contributed by atoms with van der Waals surface area (Å²) >= 11 is 3.15. The summed E-state index contributed by atoms with van der Waals surface area (Å²) < 4.78 is 48.5. The van der Waals surface area contributed by atoms with Crippen molar-refractivity contribution >= 4 is 27.5 Å². The maximum Gasteiger partial charge on any atom is 0.387 e. The van der Waals surface area contributed by atoms with E-state index >= 15 is 0 Å². The van der Waals surface area contributed by atoms with Crippen LogP contribution in [0, 0.1) is 5.82 Å². The van der Waals surface area contributed by atoms with Gasteiger partial charge >= 0.3 is 6.61 Å². The number of methoxy groups -OCH3 is 1. The Hall–Kier alpha value is -2.26. The quantitative estimate of drug-likeness (QED) is 0.657. The molecule has 0 saturated heterocycles. The monoisotopic (exact) mass is 446 g/mol. The zero-order valence-electron chi connectivity index (χ0n) is 14.6. The van der Waals surface area contributed by atoms with Gasteiger partial charge in [0.1, 0.15) is 5.82 Å². The molecule has 0 bridgehead atoms. The first-order valence-electron chi connectivity index (χ1n) is 7.83. The first-order valence-corrected chi connectivity index (χ1v) is 8.63. The highest BCUT2D eigenvalue weighted by Gasteiger charge is 2.14. The van der Waals surface area contributed by atoms with E-state index in [4.69, 9.17) is 4.74 Å². The van der Waals surface area contributed by atoms with E-state index in [2.05, 4.69) is 26.0 Å². The number of anilines is 1. The van der Waals surface area contributed by atoms with Crippen molar-refractivity contribution in [1.29, 1.82) is 0 Å². The van der Waals surface area contributed by atoms with E-state index in [0.717, 1.165) is 5.56 Å². The Kier molecular flexibility index (Phi) is 7.49. The summed E-state index contributed by atoms with van der Waals surface area (Å²) in [5.74, 6) is -0.826. The van der Waals surface area contributed by atoms with Crippen LogP contribution in [0.25, 0.3) is 0 Å². The van der Waals surface area contributed by atoms with Crippen LogP contribution in [0.15, 0.2) is 40.9 Å². The Morgan fingerprint density at radius 1 is 1.22 bits per heavy atom. The molecule has 146 valence electrons. The molecule has 0 fully saturated rings. The second-order valence-electron chi connectivity index (χ2n) is 5.71. The summed E-state index contributed by atoms with van der Waals surface area (Å²) in [5.41, 5.74) is 0.824. The summed E-state index contributed by atoms with van der Waals surface area (Å²) in [6.07, 6.45) is 0. The molecule has 0 unspecified atom stereocenters. The molecule has 0 spiro atoms. The van der Waals surface area contributed by atoms with Gasteiger partial charge in [-0.2, -0.15) is 8.78 Å². The van der Waals surface area contributed by atoms with E-state index in [0.29, 0.717) is 11.0 Å². The molecule has 0 radical (unpaired) electrons. The van der Waals surface area contributed by atoms with Crippen LogP contribution in [0.1, 0.15) is 5.56 Å². The van der Waals surface area contributed by atoms with Crippen LogP contribution in [0.5, 0.6) is 11.5 Å². The molecule has 27 heavy (non-hydrogen) atoms. The fourth-order valence-electron chi connectivity index (χ4n) is 2.40. The van der Waals surface area contributed by atoms with E-state index in [9.17, 15) is 18.0 Å². The van der Waals surface area contributed by atoms with Gasteiger partial charge in [0, 0.05) is 11.0 Å². The maximum absolute atomic E-state index is 13.8. The minimum absolute atomic E-state index is 0.00705. The number of amides is 1. The number of halogens is 4. The predicted molar refractivity (Wildman–Crippen MR) is 98.7 cm³/mol. The lowest BCUT2D eigenvalue weighted by Crippen LogP contribution is -2.30. The maximum atomic E-state index is 13.8. The van der Waals surface area contributed by atoms with Gasteiger partial charge in [-0.05, 0) is 42.9 Å². The number of carbonyl (C=O) groups excluding carboxylic acids is 1. The molecule has 1 amide bonds. The molecule has 0 atom stereocenters. The van der Waals surface area contributed by atoms with Crippen molar-refractivity contribution in [3.8, 4) is 11.5 Å². The van der Waals surface area contributed by atoms with E-state index in [1.54, 1.807) is 30.1 Å². The Labute approximate surface area is 163 Å². The average Bonchev–Trinajstić information content (AvgIpc) is 2.58. The number of hydrogen-bond acceptors (Lipinski definition) is 4. The molecule has 0 heterocycles. The van der Waals surface area contributed by atoms with Crippen molar-refractivity contribution in [3.05, 3.63) is 52.3 Å². The zero-order chi connectivity index (χ0) is 20.0. The molecule has 2 aromatic rings. The van der Waals surface area contributed by atoms with Crippen molar-refractivity contribution in [2.75, 3.05) is 26.0 Å². The van der Waals surface area contributed by atoms with Gasteiger partial charge in [0.05, 0.1) is 19.3 Å². The van der Waals surface area contributed by atoms with Gasteiger partial charge in [0.15, 0.2) is 11.5 Å². The van der Waals surface area contributed by atoms with Gasteiger partial charge in [0.25, 0.3) is 0 Å². The molecule has 0 saturated carbocycles. The number of hydrogen-bond donors (Lipinski definition) is 1. The molecule has 0 aliphatic heterocycles. The highest BCUT2D eigenvalue weighted by molar-refractivity contribution is 9.10. The van der Waals surface area contributed by atoms with E-state index in [1.807, 2.05) is 0 Å². The minimum atomic E-state index is -2.95. The van der Waals surface area contributed by atoms with Gasteiger partial charge in [-0.1, -0.05) is 22.0 Å². The number of benzene rings is 2. The highest BCUT2D eigenvalue weighted by atomic mass is 79.9. The fourth-order valence-corrected chi connectivity index (χ4v) is 2.73. The van der Waals surface area contributed by atoms with Crippen LogP contribution >= 0.6 is 15.9 Å². The normalized spacial score (nSPS) is 11.0. The highest BCUT2D eigenvalue weighted by Crippen LogP contribution is 2.29. The largest absolute Gasteiger partial charge is 0.493 e. The summed E-state index contributed by atoms with van der Waals surface area (Å²) in [7, 11) is 3.05. The molecule has 5 nitrogen and oxygen atoms in total. The second-order valence-corrected chi connectivity index (χ2v) is 6.62.